The summed E-state index contributed by atoms with van der Waals surface area (Å²) in [5.74, 6) is -0.397. The lowest BCUT2D eigenvalue weighted by Crippen LogP contribution is -2.23. The summed E-state index contributed by atoms with van der Waals surface area (Å²) in [4.78, 5) is 17.6. The van der Waals surface area contributed by atoms with Crippen molar-refractivity contribution >= 4 is 22.4 Å². The molecule has 0 aromatic carbocycles. The lowest BCUT2D eigenvalue weighted by Gasteiger charge is -2.17. The third kappa shape index (κ3) is 3.71. The van der Waals surface area contributed by atoms with Crippen LogP contribution in [-0.4, -0.2) is 30.6 Å². The average molecular weight is 253 g/mol. The van der Waals surface area contributed by atoms with Gasteiger partial charge < -0.3 is 9.64 Å². The van der Waals surface area contributed by atoms with Gasteiger partial charge in [0.25, 0.3) is 0 Å². The highest BCUT2D eigenvalue weighted by Gasteiger charge is 2.14. The first-order valence-corrected chi connectivity index (χ1v) is 6.35. The number of hydrogen-bond donors (Lipinski definition) is 0. The molecule has 0 saturated carbocycles. The van der Waals surface area contributed by atoms with Gasteiger partial charge >= 0.3 is 5.97 Å². The number of aromatic nitrogens is 1. The van der Waals surface area contributed by atoms with Gasteiger partial charge in [-0.2, -0.15) is 5.26 Å². The standard InChI is InChI=1S/C11H15N3O2S/c1-3-14(7-5-6-12)11-13-9(8-17-11)10(15)16-4-2/h8H,3-5,7H2,1-2H3. The molecule has 1 aromatic rings. The van der Waals surface area contributed by atoms with Crippen molar-refractivity contribution < 1.29 is 9.53 Å². The fourth-order valence-electron chi connectivity index (χ4n) is 1.28. The minimum Gasteiger partial charge on any atom is -0.461 e. The Hall–Kier alpha value is -1.61. The summed E-state index contributed by atoms with van der Waals surface area (Å²) >= 11 is 1.39. The molecule has 17 heavy (non-hydrogen) atoms. The Morgan fingerprint density at radius 1 is 1.65 bits per heavy atom. The summed E-state index contributed by atoms with van der Waals surface area (Å²) in [5.41, 5.74) is 0.335. The zero-order valence-electron chi connectivity index (χ0n) is 9.97. The number of rotatable bonds is 6. The maximum atomic E-state index is 11.4. The molecule has 0 N–H and O–H groups in total. The van der Waals surface area contributed by atoms with Gasteiger partial charge in [-0.3, -0.25) is 0 Å². The summed E-state index contributed by atoms with van der Waals surface area (Å²) in [7, 11) is 0. The number of hydrogen-bond acceptors (Lipinski definition) is 6. The fraction of sp³-hybridized carbons (Fsp3) is 0.545. The minimum absolute atomic E-state index is 0.335. The van der Waals surface area contributed by atoms with E-state index in [1.165, 1.54) is 11.3 Å². The summed E-state index contributed by atoms with van der Waals surface area (Å²) in [6.45, 7) is 5.48. The molecule has 0 spiro atoms. The van der Waals surface area contributed by atoms with Gasteiger partial charge in [0.05, 0.1) is 19.1 Å². The highest BCUT2D eigenvalue weighted by Crippen LogP contribution is 2.21. The van der Waals surface area contributed by atoms with Crippen LogP contribution in [0.5, 0.6) is 0 Å². The van der Waals surface area contributed by atoms with Crippen LogP contribution in [0.25, 0.3) is 0 Å². The van der Waals surface area contributed by atoms with Crippen molar-refractivity contribution in [2.24, 2.45) is 0 Å². The zero-order chi connectivity index (χ0) is 12.7. The smallest absolute Gasteiger partial charge is 0.357 e. The highest BCUT2D eigenvalue weighted by molar-refractivity contribution is 7.13. The summed E-state index contributed by atoms with van der Waals surface area (Å²) in [6.07, 6.45) is 0.447. The Kier molecular flexibility index (Phi) is 5.43. The van der Waals surface area contributed by atoms with E-state index in [0.717, 1.165) is 11.7 Å². The Morgan fingerprint density at radius 2 is 2.41 bits per heavy atom. The van der Waals surface area contributed by atoms with Gasteiger partial charge in [0, 0.05) is 18.5 Å². The number of carbonyl (C=O) groups is 1. The largest absolute Gasteiger partial charge is 0.461 e. The second kappa shape index (κ2) is 6.86. The van der Waals surface area contributed by atoms with Crippen LogP contribution in [0.15, 0.2) is 5.38 Å². The van der Waals surface area contributed by atoms with Crippen molar-refractivity contribution in [1.82, 2.24) is 4.98 Å². The van der Waals surface area contributed by atoms with Crippen molar-refractivity contribution in [2.75, 3.05) is 24.6 Å². The lowest BCUT2D eigenvalue weighted by molar-refractivity contribution is 0.0520. The molecular formula is C11H15N3O2S. The Morgan fingerprint density at radius 3 is 3.00 bits per heavy atom. The molecule has 0 radical (unpaired) electrons. The number of ether oxygens (including phenoxy) is 1. The fourth-order valence-corrected chi connectivity index (χ4v) is 2.17. The number of nitriles is 1. The molecule has 0 aliphatic carbocycles. The molecule has 0 fully saturated rings. The molecule has 0 saturated heterocycles. The number of thiazole rings is 1. The van der Waals surface area contributed by atoms with E-state index >= 15 is 0 Å². The van der Waals surface area contributed by atoms with Crippen LogP contribution >= 0.6 is 11.3 Å². The maximum Gasteiger partial charge on any atom is 0.357 e. The van der Waals surface area contributed by atoms with E-state index in [-0.39, 0.29) is 0 Å². The molecule has 0 aliphatic heterocycles. The first-order chi connectivity index (χ1) is 8.22. The monoisotopic (exact) mass is 253 g/mol. The van der Waals surface area contributed by atoms with Gasteiger partial charge in [-0.15, -0.1) is 11.3 Å². The summed E-state index contributed by atoms with van der Waals surface area (Å²) in [5, 5.41) is 11.0. The van der Waals surface area contributed by atoms with Crippen LogP contribution in [0.3, 0.4) is 0 Å². The molecule has 0 unspecified atom stereocenters. The normalized spacial score (nSPS) is 9.71. The van der Waals surface area contributed by atoms with Gasteiger partial charge in [-0.25, -0.2) is 9.78 Å². The third-order valence-corrected chi connectivity index (χ3v) is 3.02. The molecule has 6 heteroatoms. The first kappa shape index (κ1) is 13.5. The van der Waals surface area contributed by atoms with E-state index in [9.17, 15) is 4.79 Å². The third-order valence-electron chi connectivity index (χ3n) is 2.12. The Bertz CT molecular complexity index is 411. The van der Waals surface area contributed by atoms with Crippen LogP contribution in [0.4, 0.5) is 5.13 Å². The van der Waals surface area contributed by atoms with E-state index in [0.29, 0.717) is 25.3 Å². The number of carbonyl (C=O) groups excluding carboxylic acids is 1. The maximum absolute atomic E-state index is 11.4. The van der Waals surface area contributed by atoms with Gasteiger partial charge in [0.1, 0.15) is 0 Å². The molecule has 1 aromatic heterocycles. The van der Waals surface area contributed by atoms with E-state index in [4.69, 9.17) is 10.00 Å². The van der Waals surface area contributed by atoms with Crippen LogP contribution < -0.4 is 4.90 Å². The van der Waals surface area contributed by atoms with Crippen LogP contribution in [0.2, 0.25) is 0 Å². The number of nitrogens with zero attached hydrogens (tertiary/aromatic N) is 3. The van der Waals surface area contributed by atoms with E-state index in [1.54, 1.807) is 12.3 Å². The van der Waals surface area contributed by atoms with Crippen LogP contribution in [0, 0.1) is 11.3 Å². The SMILES string of the molecule is CCOC(=O)c1csc(N(CC)CCC#N)n1. The predicted octanol–water partition coefficient (Wildman–Crippen LogP) is 2.06. The molecule has 5 nitrogen and oxygen atoms in total. The van der Waals surface area contributed by atoms with Gasteiger partial charge in [-0.05, 0) is 13.8 Å². The van der Waals surface area contributed by atoms with Crippen molar-refractivity contribution in [3.63, 3.8) is 0 Å². The first-order valence-electron chi connectivity index (χ1n) is 5.47. The second-order valence-electron chi connectivity index (χ2n) is 3.22. The second-order valence-corrected chi connectivity index (χ2v) is 4.06. The van der Waals surface area contributed by atoms with Gasteiger partial charge in [-0.1, -0.05) is 0 Å². The van der Waals surface area contributed by atoms with Crippen molar-refractivity contribution in [2.45, 2.75) is 20.3 Å². The number of esters is 1. The van der Waals surface area contributed by atoms with Gasteiger partial charge in [0.15, 0.2) is 10.8 Å². The summed E-state index contributed by atoms with van der Waals surface area (Å²) in [6, 6.07) is 2.10. The van der Waals surface area contributed by atoms with E-state index in [2.05, 4.69) is 11.1 Å². The zero-order valence-corrected chi connectivity index (χ0v) is 10.8. The predicted molar refractivity (Wildman–Crippen MR) is 66.2 cm³/mol. The molecule has 0 amide bonds. The molecule has 1 rings (SSSR count). The molecule has 0 atom stereocenters. The minimum atomic E-state index is -0.397. The topological polar surface area (TPSA) is 66.2 Å². The van der Waals surface area contributed by atoms with Crippen molar-refractivity contribution in [1.29, 1.82) is 5.26 Å². The van der Waals surface area contributed by atoms with Crippen molar-refractivity contribution in [3.8, 4) is 6.07 Å². The molecule has 1 heterocycles. The average Bonchev–Trinajstić information content (AvgIpc) is 2.80. The number of anilines is 1. The molecular weight excluding hydrogens is 238 g/mol. The quantitative estimate of drug-likeness (QED) is 0.726. The van der Waals surface area contributed by atoms with Crippen LogP contribution in [0.1, 0.15) is 30.8 Å². The van der Waals surface area contributed by atoms with E-state index < -0.39 is 5.97 Å². The lowest BCUT2D eigenvalue weighted by atomic mass is 10.4. The van der Waals surface area contributed by atoms with Crippen molar-refractivity contribution in [3.05, 3.63) is 11.1 Å². The van der Waals surface area contributed by atoms with Gasteiger partial charge in [0.2, 0.25) is 0 Å². The van der Waals surface area contributed by atoms with E-state index in [1.807, 2.05) is 11.8 Å². The van der Waals surface area contributed by atoms with Crippen LogP contribution in [-0.2, 0) is 4.74 Å². The Labute approximate surface area is 105 Å². The summed E-state index contributed by atoms with van der Waals surface area (Å²) < 4.78 is 4.87. The highest BCUT2D eigenvalue weighted by atomic mass is 32.1. The molecule has 0 aliphatic rings. The Balaban J connectivity index is 2.71. The molecule has 92 valence electrons. The molecule has 0 bridgehead atoms.